The van der Waals surface area contributed by atoms with E-state index in [1.165, 1.54) is 25.8 Å². The Morgan fingerprint density at radius 1 is 1.36 bits per heavy atom. The largest absolute Gasteiger partial charge is 0.307 e. The summed E-state index contributed by atoms with van der Waals surface area (Å²) < 4.78 is 0. The van der Waals surface area contributed by atoms with Crippen molar-refractivity contribution in [2.24, 2.45) is 5.41 Å². The Bertz CT molecular complexity index is 356. The molecular weight excluding hydrogens is 190 g/mol. The van der Waals surface area contributed by atoms with Crippen molar-refractivity contribution in [1.82, 2.24) is 5.32 Å². The fourth-order valence-electron chi connectivity index (χ4n) is 3.37. The number of hydrogen-bond acceptors (Lipinski definition) is 2. The van der Waals surface area contributed by atoms with Gasteiger partial charge in [-0.3, -0.25) is 0 Å². The maximum atomic E-state index is 3.74. The topological polar surface area (TPSA) is 12.0 Å². The minimum atomic E-state index is 0.358. The van der Waals surface area contributed by atoms with Crippen LogP contribution in [0, 0.1) is 5.41 Å². The lowest BCUT2D eigenvalue weighted by Gasteiger charge is -2.55. The van der Waals surface area contributed by atoms with E-state index in [2.05, 4.69) is 30.6 Å². The zero-order valence-electron chi connectivity index (χ0n) is 8.89. The summed E-state index contributed by atoms with van der Waals surface area (Å²) in [5, 5.41) is 5.99. The Morgan fingerprint density at radius 3 is 2.86 bits per heavy atom. The maximum absolute atomic E-state index is 3.74. The van der Waals surface area contributed by atoms with E-state index in [1.54, 1.807) is 10.4 Å². The lowest BCUT2D eigenvalue weighted by atomic mass is 9.56. The van der Waals surface area contributed by atoms with Crippen LogP contribution in [0.25, 0.3) is 0 Å². The smallest absolute Gasteiger partial charge is 0.0456 e. The summed E-state index contributed by atoms with van der Waals surface area (Å²) in [6.45, 7) is 5.92. The van der Waals surface area contributed by atoms with Gasteiger partial charge in [0, 0.05) is 17.0 Å². The molecule has 1 spiro atoms. The van der Waals surface area contributed by atoms with Crippen LogP contribution in [0.4, 0.5) is 0 Å². The summed E-state index contributed by atoms with van der Waals surface area (Å²) in [5.74, 6) is 0. The third-order valence-corrected chi connectivity index (χ3v) is 4.62. The molecule has 1 N–H and O–H groups in total. The molecule has 0 bridgehead atoms. The van der Waals surface area contributed by atoms with Crippen molar-refractivity contribution < 1.29 is 0 Å². The molecule has 1 fully saturated rings. The summed E-state index contributed by atoms with van der Waals surface area (Å²) in [6, 6.07) is 2.33. The van der Waals surface area contributed by atoms with Gasteiger partial charge in [-0.1, -0.05) is 13.8 Å². The molecule has 0 radical (unpaired) electrons. The molecule has 1 aromatic rings. The van der Waals surface area contributed by atoms with Gasteiger partial charge >= 0.3 is 0 Å². The van der Waals surface area contributed by atoms with Crippen molar-refractivity contribution in [3.8, 4) is 0 Å². The molecule has 0 saturated heterocycles. The summed E-state index contributed by atoms with van der Waals surface area (Å²) in [5.41, 5.74) is 2.51. The van der Waals surface area contributed by atoms with Gasteiger partial charge in [0.2, 0.25) is 0 Å². The van der Waals surface area contributed by atoms with E-state index < -0.39 is 0 Å². The van der Waals surface area contributed by atoms with Crippen molar-refractivity contribution in [2.45, 2.75) is 38.6 Å². The molecule has 2 heterocycles. The van der Waals surface area contributed by atoms with Gasteiger partial charge in [0.25, 0.3) is 0 Å². The predicted molar refractivity (Wildman–Crippen MR) is 60.7 cm³/mol. The standard InChI is InChI=1S/C12H17NS/c1-11(2)7-12(8-11)9-4-6-14-10(9)3-5-13-12/h4,6,13H,3,5,7-8H2,1-2H3. The number of fused-ring (bicyclic) bond motifs is 2. The number of nitrogens with one attached hydrogen (secondary N) is 1. The molecular formula is C12H17NS. The van der Waals surface area contributed by atoms with Crippen LogP contribution < -0.4 is 5.32 Å². The predicted octanol–water partition coefficient (Wildman–Crippen LogP) is 2.91. The van der Waals surface area contributed by atoms with Crippen LogP contribution in [0.15, 0.2) is 11.4 Å². The minimum absolute atomic E-state index is 0.358. The fourth-order valence-corrected chi connectivity index (χ4v) is 4.35. The Kier molecular flexibility index (Phi) is 1.67. The van der Waals surface area contributed by atoms with Gasteiger partial charge in [-0.05, 0) is 41.7 Å². The van der Waals surface area contributed by atoms with E-state index in [-0.39, 0.29) is 0 Å². The zero-order chi connectivity index (χ0) is 9.81. The highest BCUT2D eigenvalue weighted by atomic mass is 32.1. The Balaban J connectivity index is 1.98. The molecule has 1 aliphatic heterocycles. The van der Waals surface area contributed by atoms with Crippen LogP contribution in [0.1, 0.15) is 37.1 Å². The van der Waals surface area contributed by atoms with E-state index >= 15 is 0 Å². The van der Waals surface area contributed by atoms with Crippen LogP contribution in [0.2, 0.25) is 0 Å². The lowest BCUT2D eigenvalue weighted by Crippen LogP contribution is -2.58. The van der Waals surface area contributed by atoms with Gasteiger partial charge in [-0.25, -0.2) is 0 Å². The van der Waals surface area contributed by atoms with E-state index in [4.69, 9.17) is 0 Å². The van der Waals surface area contributed by atoms with Crippen molar-refractivity contribution >= 4 is 11.3 Å². The maximum Gasteiger partial charge on any atom is 0.0456 e. The van der Waals surface area contributed by atoms with Crippen molar-refractivity contribution in [2.75, 3.05) is 6.54 Å². The third kappa shape index (κ3) is 1.10. The number of rotatable bonds is 0. The first-order chi connectivity index (χ1) is 6.61. The SMILES string of the molecule is CC1(C)CC2(C1)NCCc1sccc12. The molecule has 0 atom stereocenters. The van der Waals surface area contributed by atoms with Gasteiger partial charge in [-0.15, -0.1) is 11.3 Å². The Morgan fingerprint density at radius 2 is 2.14 bits per heavy atom. The van der Waals surface area contributed by atoms with Gasteiger partial charge in [-0.2, -0.15) is 0 Å². The molecule has 0 amide bonds. The quantitative estimate of drug-likeness (QED) is 0.690. The van der Waals surface area contributed by atoms with Gasteiger partial charge in [0.15, 0.2) is 0 Å². The first kappa shape index (κ1) is 8.93. The van der Waals surface area contributed by atoms with Gasteiger partial charge in [0.05, 0.1) is 0 Å². The molecule has 2 heteroatoms. The zero-order valence-corrected chi connectivity index (χ0v) is 9.71. The molecule has 76 valence electrons. The monoisotopic (exact) mass is 207 g/mol. The Labute approximate surface area is 89.5 Å². The molecule has 1 aliphatic carbocycles. The first-order valence-corrected chi connectivity index (χ1v) is 6.31. The molecule has 3 rings (SSSR count). The lowest BCUT2D eigenvalue weighted by molar-refractivity contribution is 0.0244. The summed E-state index contributed by atoms with van der Waals surface area (Å²) in [6.07, 6.45) is 3.85. The van der Waals surface area contributed by atoms with Gasteiger partial charge in [0.1, 0.15) is 0 Å². The molecule has 1 aromatic heterocycles. The minimum Gasteiger partial charge on any atom is -0.307 e. The van der Waals surface area contributed by atoms with E-state index in [1.807, 2.05) is 11.3 Å². The summed E-state index contributed by atoms with van der Waals surface area (Å²) in [7, 11) is 0. The third-order valence-electron chi connectivity index (χ3n) is 3.64. The van der Waals surface area contributed by atoms with E-state index in [0.717, 1.165) is 0 Å². The van der Waals surface area contributed by atoms with E-state index in [9.17, 15) is 0 Å². The molecule has 0 unspecified atom stereocenters. The Hall–Kier alpha value is -0.340. The fraction of sp³-hybridized carbons (Fsp3) is 0.667. The van der Waals surface area contributed by atoms with Crippen LogP contribution in [-0.4, -0.2) is 6.54 Å². The second-order valence-corrected chi connectivity index (χ2v) is 6.53. The normalized spacial score (nSPS) is 27.0. The van der Waals surface area contributed by atoms with Crippen LogP contribution in [0.3, 0.4) is 0 Å². The highest BCUT2D eigenvalue weighted by molar-refractivity contribution is 7.10. The second kappa shape index (κ2) is 2.61. The van der Waals surface area contributed by atoms with Crippen molar-refractivity contribution in [3.63, 3.8) is 0 Å². The van der Waals surface area contributed by atoms with Crippen molar-refractivity contribution in [1.29, 1.82) is 0 Å². The number of thiophene rings is 1. The van der Waals surface area contributed by atoms with E-state index in [0.29, 0.717) is 11.0 Å². The highest BCUT2D eigenvalue weighted by Gasteiger charge is 2.51. The highest BCUT2D eigenvalue weighted by Crippen LogP contribution is 2.55. The molecule has 14 heavy (non-hydrogen) atoms. The van der Waals surface area contributed by atoms with Crippen LogP contribution in [0.5, 0.6) is 0 Å². The summed E-state index contributed by atoms with van der Waals surface area (Å²) >= 11 is 1.94. The molecule has 0 aromatic carbocycles. The second-order valence-electron chi connectivity index (χ2n) is 5.53. The molecule has 1 nitrogen and oxygen atoms in total. The summed E-state index contributed by atoms with van der Waals surface area (Å²) in [4.78, 5) is 1.62. The molecule has 2 aliphatic rings. The van der Waals surface area contributed by atoms with Crippen LogP contribution >= 0.6 is 11.3 Å². The number of hydrogen-bond donors (Lipinski definition) is 1. The van der Waals surface area contributed by atoms with Crippen molar-refractivity contribution in [3.05, 3.63) is 21.9 Å². The average Bonchev–Trinajstić information content (AvgIpc) is 2.49. The first-order valence-electron chi connectivity index (χ1n) is 5.43. The average molecular weight is 207 g/mol. The molecule has 1 saturated carbocycles. The van der Waals surface area contributed by atoms with Crippen LogP contribution in [-0.2, 0) is 12.0 Å². The van der Waals surface area contributed by atoms with Gasteiger partial charge < -0.3 is 5.32 Å².